The van der Waals surface area contributed by atoms with Gasteiger partial charge in [0.2, 0.25) is 0 Å². The monoisotopic (exact) mass is 784 g/mol. The molecule has 0 fully saturated rings. The van der Waals surface area contributed by atoms with Crippen molar-refractivity contribution in [3.63, 3.8) is 0 Å². The average Bonchev–Trinajstić information content (AvgIpc) is 3.23. The Morgan fingerprint density at radius 2 is 0.517 bits per heavy atom. The van der Waals surface area contributed by atoms with Crippen molar-refractivity contribution in [1.82, 2.24) is 0 Å². The van der Waals surface area contributed by atoms with Crippen LogP contribution in [0.1, 0.15) is 72.2 Å². The van der Waals surface area contributed by atoms with Gasteiger partial charge in [-0.1, -0.05) is 121 Å². The summed E-state index contributed by atoms with van der Waals surface area (Å²) in [6, 6.07) is 31.8. The molecule has 0 aromatic heterocycles. The van der Waals surface area contributed by atoms with Gasteiger partial charge in [0.15, 0.2) is 10.8 Å². The number of carbonyl (C=O) groups is 4. The zero-order chi connectivity index (χ0) is 41.4. The van der Waals surface area contributed by atoms with Crippen molar-refractivity contribution in [2.75, 3.05) is 26.4 Å². The van der Waals surface area contributed by atoms with Crippen LogP contribution in [-0.2, 0) is 89.5 Å². The predicted molar refractivity (Wildman–Crippen MR) is 225 cm³/mol. The highest BCUT2D eigenvalue weighted by molar-refractivity contribution is 6.01. The van der Waals surface area contributed by atoms with E-state index in [2.05, 4.69) is 24.3 Å². The summed E-state index contributed by atoms with van der Waals surface area (Å²) in [5, 5.41) is 0. The maximum Gasteiger partial charge on any atom is 0.324 e. The molecular formula is C50H56O8. The highest BCUT2D eigenvalue weighted by Gasteiger charge is 2.50. The SMILES string of the molecule is CCOC(=O)C1(C(=O)OCC)Cc2ccc(cc2)CC=CCc2ccc(cc2)CC(C(=O)OCC)(C(=O)OCC)Cc2ccc(cc2)CC=CCc2ccc(cc2)C1. The molecule has 0 radical (unpaired) electrons. The molecule has 0 saturated carbocycles. The molecular weight excluding hydrogens is 729 g/mol. The Bertz CT molecular complexity index is 1730. The first-order valence-corrected chi connectivity index (χ1v) is 20.4. The van der Waals surface area contributed by atoms with Crippen LogP contribution in [0.4, 0.5) is 0 Å². The number of allylic oxidation sites excluding steroid dienone is 4. The van der Waals surface area contributed by atoms with Crippen molar-refractivity contribution in [2.24, 2.45) is 10.8 Å². The van der Waals surface area contributed by atoms with E-state index >= 15 is 0 Å². The molecule has 8 bridgehead atoms. The fourth-order valence-corrected chi connectivity index (χ4v) is 7.39. The van der Waals surface area contributed by atoms with Crippen molar-refractivity contribution < 1.29 is 38.1 Å². The van der Waals surface area contributed by atoms with Crippen molar-refractivity contribution in [1.29, 1.82) is 0 Å². The van der Waals surface area contributed by atoms with Gasteiger partial charge in [0.1, 0.15) is 0 Å². The summed E-state index contributed by atoms with van der Waals surface area (Å²) in [5.41, 5.74) is 4.59. The number of carbonyl (C=O) groups excluding carboxylic acids is 4. The minimum atomic E-state index is -1.54. The lowest BCUT2D eigenvalue weighted by molar-refractivity contribution is -0.173. The van der Waals surface area contributed by atoms with E-state index in [1.807, 2.05) is 97.1 Å². The second kappa shape index (κ2) is 21.1. The number of hydrogen-bond donors (Lipinski definition) is 0. The van der Waals surface area contributed by atoms with Gasteiger partial charge in [-0.2, -0.15) is 0 Å². The third-order valence-electron chi connectivity index (χ3n) is 10.5. The van der Waals surface area contributed by atoms with E-state index in [0.717, 1.165) is 44.5 Å². The molecule has 4 aromatic carbocycles. The molecule has 304 valence electrons. The van der Waals surface area contributed by atoms with Crippen LogP contribution in [-0.4, -0.2) is 50.3 Å². The van der Waals surface area contributed by atoms with E-state index in [1.165, 1.54) is 0 Å². The van der Waals surface area contributed by atoms with Gasteiger partial charge in [-0.3, -0.25) is 19.2 Å². The molecule has 8 nitrogen and oxygen atoms in total. The first-order valence-electron chi connectivity index (χ1n) is 20.4. The molecule has 0 aliphatic heterocycles. The number of esters is 4. The maximum atomic E-state index is 13.7. The lowest BCUT2D eigenvalue weighted by Gasteiger charge is -2.29. The first-order chi connectivity index (χ1) is 28.1. The minimum Gasteiger partial charge on any atom is -0.465 e. The number of rotatable bonds is 8. The molecule has 58 heavy (non-hydrogen) atoms. The number of ether oxygens (including phenoxy) is 4. The Morgan fingerprint density at radius 3 is 0.690 bits per heavy atom. The molecule has 7 aliphatic rings. The highest BCUT2D eigenvalue weighted by Crippen LogP contribution is 2.34. The summed E-state index contributed by atoms with van der Waals surface area (Å²) in [5.74, 6) is -2.35. The summed E-state index contributed by atoms with van der Waals surface area (Å²) in [6.45, 7) is 7.56. The summed E-state index contributed by atoms with van der Waals surface area (Å²) >= 11 is 0. The molecule has 0 atom stereocenters. The molecule has 0 spiro atoms. The molecule has 0 amide bonds. The van der Waals surface area contributed by atoms with E-state index in [9.17, 15) is 19.2 Å². The highest BCUT2D eigenvalue weighted by atomic mass is 16.6. The molecule has 7 aliphatic carbocycles. The van der Waals surface area contributed by atoms with Crippen LogP contribution in [0.15, 0.2) is 121 Å². The number of hydrogen-bond acceptors (Lipinski definition) is 8. The van der Waals surface area contributed by atoms with Crippen LogP contribution in [0.5, 0.6) is 0 Å². The van der Waals surface area contributed by atoms with Crippen molar-refractivity contribution in [2.45, 2.75) is 79.1 Å². The molecule has 0 heterocycles. The topological polar surface area (TPSA) is 105 Å². The first kappa shape index (κ1) is 43.4. The van der Waals surface area contributed by atoms with E-state index in [0.29, 0.717) is 25.7 Å². The smallest absolute Gasteiger partial charge is 0.324 e. The Labute approximate surface area is 343 Å². The lowest BCUT2D eigenvalue weighted by atomic mass is 9.76. The summed E-state index contributed by atoms with van der Waals surface area (Å²) in [6.07, 6.45) is 11.8. The molecule has 0 unspecified atom stereocenters. The zero-order valence-corrected chi connectivity index (χ0v) is 34.3. The predicted octanol–water partition coefficient (Wildman–Crippen LogP) is 8.48. The van der Waals surface area contributed by atoms with Gasteiger partial charge < -0.3 is 18.9 Å². The molecule has 4 aromatic rings. The second-order valence-electron chi connectivity index (χ2n) is 14.8. The van der Waals surface area contributed by atoms with Gasteiger partial charge in [-0.05, 0) is 124 Å². The number of benzene rings is 4. The Balaban J connectivity index is 1.48. The minimum absolute atomic E-state index is 0.142. The molecule has 0 saturated heterocycles. The van der Waals surface area contributed by atoms with Crippen LogP contribution >= 0.6 is 0 Å². The molecule has 11 rings (SSSR count). The normalized spacial score (nSPS) is 15.4. The Kier molecular flexibility index (Phi) is 15.8. The third kappa shape index (κ3) is 11.2. The summed E-state index contributed by atoms with van der Waals surface area (Å²) in [7, 11) is 0. The van der Waals surface area contributed by atoms with E-state index in [4.69, 9.17) is 18.9 Å². The molecule has 0 N–H and O–H groups in total. The van der Waals surface area contributed by atoms with Crippen LogP contribution in [0, 0.1) is 10.8 Å². The van der Waals surface area contributed by atoms with Crippen LogP contribution in [0.25, 0.3) is 0 Å². The van der Waals surface area contributed by atoms with Gasteiger partial charge in [0.25, 0.3) is 0 Å². The fraction of sp³-hybridized carbons (Fsp3) is 0.360. The van der Waals surface area contributed by atoms with E-state index in [1.54, 1.807) is 27.7 Å². The molecule has 8 heteroatoms. The van der Waals surface area contributed by atoms with Crippen LogP contribution in [0.2, 0.25) is 0 Å². The fourth-order valence-electron chi connectivity index (χ4n) is 7.39. The zero-order valence-electron chi connectivity index (χ0n) is 34.3. The lowest BCUT2D eigenvalue weighted by Crippen LogP contribution is -2.45. The summed E-state index contributed by atoms with van der Waals surface area (Å²) in [4.78, 5) is 54.9. The van der Waals surface area contributed by atoms with Gasteiger partial charge in [0.05, 0.1) is 26.4 Å². The maximum absolute atomic E-state index is 13.7. The van der Waals surface area contributed by atoms with E-state index < -0.39 is 34.7 Å². The van der Waals surface area contributed by atoms with Crippen molar-refractivity contribution in [3.05, 3.63) is 166 Å². The Morgan fingerprint density at radius 1 is 0.345 bits per heavy atom. The van der Waals surface area contributed by atoms with Gasteiger partial charge in [0, 0.05) is 0 Å². The quantitative estimate of drug-likeness (QED) is 0.0759. The van der Waals surface area contributed by atoms with Crippen molar-refractivity contribution in [3.8, 4) is 0 Å². The van der Waals surface area contributed by atoms with Crippen molar-refractivity contribution >= 4 is 23.9 Å². The summed E-state index contributed by atoms with van der Waals surface area (Å²) < 4.78 is 22.2. The standard InChI is InChI=1S/C50H56O8/c1-5-55-45(51)49(46(52)56-6-2)33-41-25-17-37(18-26-41)13-9-11-15-39-21-29-43(30-22-39)35-50(47(53)57-7-3,48(54)58-8-4)36-44-31-23-40(24-32-44)16-12-10-14-38-19-27-42(34-49)28-20-38/h9-12,17-32H,5-8,13-16,33-36H2,1-4H3. The van der Waals surface area contributed by atoms with Crippen LogP contribution < -0.4 is 0 Å². The van der Waals surface area contributed by atoms with Crippen LogP contribution in [0.3, 0.4) is 0 Å². The second-order valence-corrected chi connectivity index (χ2v) is 14.8. The van der Waals surface area contributed by atoms with Gasteiger partial charge in [-0.25, -0.2) is 0 Å². The largest absolute Gasteiger partial charge is 0.465 e. The van der Waals surface area contributed by atoms with E-state index in [-0.39, 0.29) is 52.1 Å². The average molecular weight is 785 g/mol. The van der Waals surface area contributed by atoms with Gasteiger partial charge >= 0.3 is 23.9 Å². The van der Waals surface area contributed by atoms with Gasteiger partial charge in [-0.15, -0.1) is 0 Å². The Hall–Kier alpha value is -5.76. The third-order valence-corrected chi connectivity index (χ3v) is 10.5.